The second kappa shape index (κ2) is 4.63. The van der Waals surface area contributed by atoms with Crippen LogP contribution in [-0.2, 0) is 6.42 Å². The predicted molar refractivity (Wildman–Crippen MR) is 79.3 cm³/mol. The molecule has 1 saturated carbocycles. The molecule has 104 valence electrons. The quantitative estimate of drug-likeness (QED) is 0.831. The molecule has 0 spiro atoms. The first-order valence-electron chi connectivity index (χ1n) is 7.78. The monoisotopic (exact) mass is 258 g/mol. The minimum atomic E-state index is -0.418. The second-order valence-electron chi connectivity index (χ2n) is 7.56. The summed E-state index contributed by atoms with van der Waals surface area (Å²) in [5, 5.41) is 10.9. The van der Waals surface area contributed by atoms with E-state index in [0.29, 0.717) is 11.3 Å². The van der Waals surface area contributed by atoms with Gasteiger partial charge in [0.15, 0.2) is 0 Å². The molecule has 2 unspecified atom stereocenters. The van der Waals surface area contributed by atoms with Gasteiger partial charge in [-0.2, -0.15) is 0 Å². The number of hydrogen-bond donors (Lipinski definition) is 1. The summed E-state index contributed by atoms with van der Waals surface area (Å²) in [4.78, 5) is 0. The van der Waals surface area contributed by atoms with Gasteiger partial charge in [0.05, 0.1) is 5.60 Å². The van der Waals surface area contributed by atoms with E-state index in [2.05, 4.69) is 38.1 Å². The van der Waals surface area contributed by atoms with E-state index in [1.54, 1.807) is 0 Å². The predicted octanol–water partition coefficient (Wildman–Crippen LogP) is 4.44. The Kier molecular flexibility index (Phi) is 3.21. The lowest BCUT2D eigenvalue weighted by Crippen LogP contribution is -2.30. The third-order valence-electron chi connectivity index (χ3n) is 5.19. The van der Waals surface area contributed by atoms with Crippen LogP contribution in [0.2, 0.25) is 0 Å². The third-order valence-corrected chi connectivity index (χ3v) is 5.19. The van der Waals surface area contributed by atoms with E-state index in [-0.39, 0.29) is 0 Å². The zero-order valence-electron chi connectivity index (χ0n) is 12.3. The largest absolute Gasteiger partial charge is 0.390 e. The van der Waals surface area contributed by atoms with E-state index in [1.807, 2.05) is 0 Å². The van der Waals surface area contributed by atoms with Crippen molar-refractivity contribution in [2.75, 3.05) is 0 Å². The van der Waals surface area contributed by atoms with Crippen molar-refractivity contribution in [2.24, 2.45) is 5.41 Å². The lowest BCUT2D eigenvalue weighted by molar-refractivity contribution is 0.0204. The molecule has 2 aliphatic carbocycles. The number of rotatable bonds is 2. The van der Waals surface area contributed by atoms with Crippen LogP contribution in [0.3, 0.4) is 0 Å². The summed E-state index contributed by atoms with van der Waals surface area (Å²) in [6.07, 6.45) is 7.83. The highest BCUT2D eigenvalue weighted by molar-refractivity contribution is 5.33. The SMILES string of the molecule is CC1(C)CCC(O)(CC2CCCc3ccccc32)C1. The molecule has 1 heteroatoms. The van der Waals surface area contributed by atoms with E-state index in [9.17, 15) is 5.11 Å². The lowest BCUT2D eigenvalue weighted by Gasteiger charge is -2.33. The highest BCUT2D eigenvalue weighted by Crippen LogP contribution is 2.49. The standard InChI is InChI=1S/C18H26O/c1-17(2)10-11-18(19,13-17)12-15-8-5-7-14-6-3-4-9-16(14)15/h3-4,6,9,15,19H,5,7-8,10-13H2,1-2H3. The second-order valence-corrected chi connectivity index (χ2v) is 7.56. The molecule has 2 aliphatic rings. The molecule has 0 bridgehead atoms. The van der Waals surface area contributed by atoms with Crippen LogP contribution in [0.25, 0.3) is 0 Å². The van der Waals surface area contributed by atoms with Gasteiger partial charge in [0.2, 0.25) is 0 Å². The molecule has 19 heavy (non-hydrogen) atoms. The minimum Gasteiger partial charge on any atom is -0.390 e. The van der Waals surface area contributed by atoms with Gasteiger partial charge in [-0.05, 0) is 67.4 Å². The Bertz CT molecular complexity index is 463. The third kappa shape index (κ3) is 2.72. The van der Waals surface area contributed by atoms with Crippen LogP contribution < -0.4 is 0 Å². The number of aryl methyl sites for hydroxylation is 1. The Hall–Kier alpha value is -0.820. The van der Waals surface area contributed by atoms with E-state index >= 15 is 0 Å². The van der Waals surface area contributed by atoms with Gasteiger partial charge >= 0.3 is 0 Å². The molecule has 1 nitrogen and oxygen atoms in total. The van der Waals surface area contributed by atoms with E-state index in [4.69, 9.17) is 0 Å². The van der Waals surface area contributed by atoms with Gasteiger partial charge < -0.3 is 5.11 Å². The number of fused-ring (bicyclic) bond motifs is 1. The molecule has 1 fully saturated rings. The van der Waals surface area contributed by atoms with Crippen molar-refractivity contribution in [1.29, 1.82) is 0 Å². The smallest absolute Gasteiger partial charge is 0.0659 e. The van der Waals surface area contributed by atoms with Gasteiger partial charge in [-0.1, -0.05) is 38.1 Å². The molecular weight excluding hydrogens is 232 g/mol. The van der Waals surface area contributed by atoms with Crippen LogP contribution in [-0.4, -0.2) is 10.7 Å². The summed E-state index contributed by atoms with van der Waals surface area (Å²) in [6, 6.07) is 8.85. The summed E-state index contributed by atoms with van der Waals surface area (Å²) < 4.78 is 0. The maximum atomic E-state index is 10.9. The fraction of sp³-hybridized carbons (Fsp3) is 0.667. The summed E-state index contributed by atoms with van der Waals surface area (Å²) >= 11 is 0. The number of benzene rings is 1. The molecule has 0 aromatic heterocycles. The van der Waals surface area contributed by atoms with Crippen LogP contribution in [0.4, 0.5) is 0 Å². The molecule has 0 amide bonds. The summed E-state index contributed by atoms with van der Waals surface area (Å²) in [7, 11) is 0. The molecule has 1 N–H and O–H groups in total. The van der Waals surface area contributed by atoms with Gasteiger partial charge in [0, 0.05) is 0 Å². The fourth-order valence-corrected chi connectivity index (χ4v) is 4.34. The first kappa shape index (κ1) is 13.2. The van der Waals surface area contributed by atoms with Crippen LogP contribution in [0.15, 0.2) is 24.3 Å². The normalized spacial score (nSPS) is 33.1. The van der Waals surface area contributed by atoms with Crippen molar-refractivity contribution >= 4 is 0 Å². The fourth-order valence-electron chi connectivity index (χ4n) is 4.34. The minimum absolute atomic E-state index is 0.322. The average Bonchev–Trinajstić information content (AvgIpc) is 2.64. The number of hydrogen-bond acceptors (Lipinski definition) is 1. The zero-order chi connectivity index (χ0) is 13.5. The van der Waals surface area contributed by atoms with Crippen LogP contribution in [0.1, 0.15) is 69.4 Å². The molecule has 0 radical (unpaired) electrons. The van der Waals surface area contributed by atoms with Gasteiger partial charge in [-0.25, -0.2) is 0 Å². The topological polar surface area (TPSA) is 20.2 Å². The van der Waals surface area contributed by atoms with Crippen molar-refractivity contribution < 1.29 is 5.11 Å². The van der Waals surface area contributed by atoms with Crippen molar-refractivity contribution in [1.82, 2.24) is 0 Å². The Morgan fingerprint density at radius 2 is 2.00 bits per heavy atom. The van der Waals surface area contributed by atoms with Crippen LogP contribution in [0.5, 0.6) is 0 Å². The highest BCUT2D eigenvalue weighted by Gasteiger charge is 2.43. The van der Waals surface area contributed by atoms with Gasteiger partial charge in [-0.3, -0.25) is 0 Å². The first-order valence-corrected chi connectivity index (χ1v) is 7.78. The molecule has 0 heterocycles. The van der Waals surface area contributed by atoms with Crippen molar-refractivity contribution in [3.63, 3.8) is 0 Å². The van der Waals surface area contributed by atoms with Crippen molar-refractivity contribution in [3.8, 4) is 0 Å². The molecule has 2 atom stereocenters. The van der Waals surface area contributed by atoms with Crippen LogP contribution in [0, 0.1) is 5.41 Å². The summed E-state index contributed by atoms with van der Waals surface area (Å²) in [5.74, 6) is 0.573. The summed E-state index contributed by atoms with van der Waals surface area (Å²) in [5.41, 5.74) is 2.92. The summed E-state index contributed by atoms with van der Waals surface area (Å²) in [6.45, 7) is 4.58. The zero-order valence-corrected chi connectivity index (χ0v) is 12.3. The Morgan fingerprint density at radius 1 is 1.21 bits per heavy atom. The van der Waals surface area contributed by atoms with Gasteiger partial charge in [0.1, 0.15) is 0 Å². The molecule has 1 aromatic carbocycles. The Morgan fingerprint density at radius 3 is 2.74 bits per heavy atom. The highest BCUT2D eigenvalue weighted by atomic mass is 16.3. The maximum absolute atomic E-state index is 10.9. The maximum Gasteiger partial charge on any atom is 0.0659 e. The molecule has 0 saturated heterocycles. The van der Waals surface area contributed by atoms with Gasteiger partial charge in [-0.15, -0.1) is 0 Å². The van der Waals surface area contributed by atoms with Gasteiger partial charge in [0.25, 0.3) is 0 Å². The molecule has 1 aromatic rings. The Labute approximate surface area is 117 Å². The molecule has 3 rings (SSSR count). The van der Waals surface area contributed by atoms with E-state index in [0.717, 1.165) is 25.7 Å². The average molecular weight is 258 g/mol. The Balaban J connectivity index is 1.78. The lowest BCUT2D eigenvalue weighted by atomic mass is 9.75. The van der Waals surface area contributed by atoms with E-state index in [1.165, 1.54) is 30.4 Å². The van der Waals surface area contributed by atoms with E-state index < -0.39 is 5.60 Å². The molecule has 0 aliphatic heterocycles. The van der Waals surface area contributed by atoms with Crippen molar-refractivity contribution in [3.05, 3.63) is 35.4 Å². The first-order chi connectivity index (χ1) is 8.98. The molecular formula is C18H26O. The van der Waals surface area contributed by atoms with Crippen molar-refractivity contribution in [2.45, 2.75) is 70.3 Å². The van der Waals surface area contributed by atoms with Crippen LogP contribution >= 0.6 is 0 Å². The number of aliphatic hydroxyl groups is 1.